The van der Waals surface area contributed by atoms with E-state index >= 15 is 0 Å². The lowest BCUT2D eigenvalue weighted by Crippen LogP contribution is -2.13. The molecule has 1 N–H and O–H groups in total. The van der Waals surface area contributed by atoms with Crippen LogP contribution in [0.25, 0.3) is 0 Å². The molecule has 1 unspecified atom stereocenters. The topological polar surface area (TPSA) is 43.4 Å². The number of hydrogen-bond donors (Lipinski definition) is 1. The first-order valence-corrected chi connectivity index (χ1v) is 5.70. The second kappa shape index (κ2) is 5.82. The normalized spacial score (nSPS) is 19.9. The van der Waals surface area contributed by atoms with E-state index in [9.17, 15) is 0 Å². The Morgan fingerprint density at radius 3 is 3.31 bits per heavy atom. The highest BCUT2D eigenvalue weighted by Crippen LogP contribution is 2.13. The molecule has 0 aliphatic carbocycles. The minimum atomic E-state index is 0.297. The largest absolute Gasteiger partial charge is 0.376 e. The lowest BCUT2D eigenvalue weighted by atomic mass is 10.2. The van der Waals surface area contributed by atoms with Gasteiger partial charge in [0.2, 0.25) is 0 Å². The van der Waals surface area contributed by atoms with Crippen LogP contribution in [-0.2, 0) is 16.1 Å². The van der Waals surface area contributed by atoms with Crippen LogP contribution in [-0.4, -0.2) is 31.3 Å². The van der Waals surface area contributed by atoms with Gasteiger partial charge in [-0.25, -0.2) is 4.98 Å². The summed E-state index contributed by atoms with van der Waals surface area (Å²) in [5.74, 6) is 0.873. The van der Waals surface area contributed by atoms with E-state index in [4.69, 9.17) is 9.47 Å². The summed E-state index contributed by atoms with van der Waals surface area (Å²) >= 11 is 0. The molecule has 1 aliphatic rings. The molecule has 16 heavy (non-hydrogen) atoms. The van der Waals surface area contributed by atoms with E-state index in [-0.39, 0.29) is 0 Å². The van der Waals surface area contributed by atoms with E-state index in [1.807, 2.05) is 19.2 Å². The zero-order valence-corrected chi connectivity index (χ0v) is 9.61. The van der Waals surface area contributed by atoms with Crippen LogP contribution in [0.15, 0.2) is 18.3 Å². The fraction of sp³-hybridized carbons (Fsp3) is 0.583. The minimum absolute atomic E-state index is 0.297. The summed E-state index contributed by atoms with van der Waals surface area (Å²) in [6.07, 6.45) is 4.37. The Morgan fingerprint density at radius 2 is 2.56 bits per heavy atom. The molecule has 2 heterocycles. The van der Waals surface area contributed by atoms with E-state index < -0.39 is 0 Å². The first kappa shape index (κ1) is 11.4. The third kappa shape index (κ3) is 3.18. The smallest absolute Gasteiger partial charge is 0.125 e. The van der Waals surface area contributed by atoms with E-state index in [2.05, 4.69) is 10.3 Å². The molecule has 1 atom stereocenters. The van der Waals surface area contributed by atoms with Gasteiger partial charge in [0.05, 0.1) is 19.3 Å². The summed E-state index contributed by atoms with van der Waals surface area (Å²) < 4.78 is 11.1. The predicted molar refractivity (Wildman–Crippen MR) is 62.4 cm³/mol. The van der Waals surface area contributed by atoms with Crippen LogP contribution >= 0.6 is 0 Å². The van der Waals surface area contributed by atoms with Gasteiger partial charge in [-0.1, -0.05) is 0 Å². The van der Waals surface area contributed by atoms with Gasteiger partial charge in [-0.05, 0) is 30.5 Å². The van der Waals surface area contributed by atoms with Crippen molar-refractivity contribution in [2.45, 2.75) is 25.6 Å². The molecule has 0 bridgehead atoms. The molecule has 1 saturated heterocycles. The number of rotatable bonds is 5. The summed E-state index contributed by atoms with van der Waals surface area (Å²) in [6, 6.07) is 3.96. The Hall–Kier alpha value is -1.13. The molecular formula is C12H18N2O2. The quantitative estimate of drug-likeness (QED) is 0.825. The van der Waals surface area contributed by atoms with Crippen molar-refractivity contribution >= 4 is 5.82 Å². The number of ether oxygens (including phenoxy) is 2. The molecular weight excluding hydrogens is 204 g/mol. The van der Waals surface area contributed by atoms with Gasteiger partial charge in [-0.15, -0.1) is 0 Å². The fourth-order valence-corrected chi connectivity index (χ4v) is 1.78. The average molecular weight is 222 g/mol. The standard InChI is InChI=1S/C12H18N2O2/c1-13-12-7-10(4-5-14-12)8-15-9-11-3-2-6-16-11/h4-5,7,11H,2-3,6,8-9H2,1H3,(H,13,14). The van der Waals surface area contributed by atoms with E-state index in [1.54, 1.807) is 6.20 Å². The van der Waals surface area contributed by atoms with Gasteiger partial charge >= 0.3 is 0 Å². The number of pyridine rings is 1. The Bertz CT molecular complexity index is 325. The summed E-state index contributed by atoms with van der Waals surface area (Å²) in [4.78, 5) is 4.15. The highest BCUT2D eigenvalue weighted by Gasteiger charge is 2.15. The Kier molecular flexibility index (Phi) is 4.13. The minimum Gasteiger partial charge on any atom is -0.376 e. The maximum atomic E-state index is 5.62. The molecule has 1 aliphatic heterocycles. The SMILES string of the molecule is CNc1cc(COCC2CCCO2)ccn1. The summed E-state index contributed by atoms with van der Waals surface area (Å²) in [5, 5.41) is 3.01. The molecule has 0 saturated carbocycles. The van der Waals surface area contributed by atoms with Gasteiger partial charge in [-0.3, -0.25) is 0 Å². The maximum Gasteiger partial charge on any atom is 0.125 e. The lowest BCUT2D eigenvalue weighted by Gasteiger charge is -2.10. The van der Waals surface area contributed by atoms with Crippen LogP contribution in [0.5, 0.6) is 0 Å². The first-order valence-electron chi connectivity index (χ1n) is 5.70. The van der Waals surface area contributed by atoms with Crippen molar-refractivity contribution in [1.82, 2.24) is 4.98 Å². The maximum absolute atomic E-state index is 5.62. The number of anilines is 1. The van der Waals surface area contributed by atoms with Crippen LogP contribution in [0.2, 0.25) is 0 Å². The van der Waals surface area contributed by atoms with E-state index in [0.717, 1.165) is 30.8 Å². The first-order chi connectivity index (χ1) is 7.88. The van der Waals surface area contributed by atoms with Crippen LogP contribution in [0.1, 0.15) is 18.4 Å². The molecule has 1 aromatic heterocycles. The summed E-state index contributed by atoms with van der Waals surface area (Å²) in [5.41, 5.74) is 1.14. The molecule has 4 nitrogen and oxygen atoms in total. The monoisotopic (exact) mass is 222 g/mol. The van der Waals surface area contributed by atoms with Gasteiger partial charge in [0, 0.05) is 19.9 Å². The van der Waals surface area contributed by atoms with E-state index in [0.29, 0.717) is 19.3 Å². The molecule has 88 valence electrons. The van der Waals surface area contributed by atoms with Crippen molar-refractivity contribution in [1.29, 1.82) is 0 Å². The molecule has 2 rings (SSSR count). The van der Waals surface area contributed by atoms with Crippen molar-refractivity contribution < 1.29 is 9.47 Å². The van der Waals surface area contributed by atoms with Crippen molar-refractivity contribution in [3.8, 4) is 0 Å². The van der Waals surface area contributed by atoms with Gasteiger partial charge in [-0.2, -0.15) is 0 Å². The average Bonchev–Trinajstić information content (AvgIpc) is 2.82. The van der Waals surface area contributed by atoms with Gasteiger partial charge in [0.1, 0.15) is 5.82 Å². The second-order valence-corrected chi connectivity index (χ2v) is 3.95. The zero-order chi connectivity index (χ0) is 11.2. The van der Waals surface area contributed by atoms with Crippen LogP contribution in [0, 0.1) is 0 Å². The van der Waals surface area contributed by atoms with Gasteiger partial charge in [0.15, 0.2) is 0 Å². The molecule has 0 aromatic carbocycles. The highest BCUT2D eigenvalue weighted by atomic mass is 16.5. The number of nitrogens with zero attached hydrogens (tertiary/aromatic N) is 1. The molecule has 4 heteroatoms. The Morgan fingerprint density at radius 1 is 1.62 bits per heavy atom. The predicted octanol–water partition coefficient (Wildman–Crippen LogP) is 1.82. The van der Waals surface area contributed by atoms with E-state index in [1.165, 1.54) is 0 Å². The third-order valence-electron chi connectivity index (χ3n) is 2.68. The number of nitrogens with one attached hydrogen (secondary N) is 1. The number of aromatic nitrogens is 1. The molecule has 0 amide bonds. The molecule has 0 radical (unpaired) electrons. The Labute approximate surface area is 96.0 Å². The molecule has 1 fully saturated rings. The van der Waals surface area contributed by atoms with Gasteiger partial charge < -0.3 is 14.8 Å². The third-order valence-corrected chi connectivity index (χ3v) is 2.68. The van der Waals surface area contributed by atoms with Crippen molar-refractivity contribution in [2.75, 3.05) is 25.6 Å². The summed E-state index contributed by atoms with van der Waals surface area (Å²) in [7, 11) is 1.86. The van der Waals surface area contributed by atoms with Crippen LogP contribution < -0.4 is 5.32 Å². The second-order valence-electron chi connectivity index (χ2n) is 3.95. The van der Waals surface area contributed by atoms with Gasteiger partial charge in [0.25, 0.3) is 0 Å². The van der Waals surface area contributed by atoms with Crippen LogP contribution in [0.4, 0.5) is 5.82 Å². The highest BCUT2D eigenvalue weighted by molar-refractivity contribution is 5.36. The fourth-order valence-electron chi connectivity index (χ4n) is 1.78. The Balaban J connectivity index is 1.75. The van der Waals surface area contributed by atoms with Crippen molar-refractivity contribution in [2.24, 2.45) is 0 Å². The zero-order valence-electron chi connectivity index (χ0n) is 9.61. The van der Waals surface area contributed by atoms with Crippen LogP contribution in [0.3, 0.4) is 0 Å². The molecule has 1 aromatic rings. The molecule has 0 spiro atoms. The van der Waals surface area contributed by atoms with Crippen molar-refractivity contribution in [3.63, 3.8) is 0 Å². The van der Waals surface area contributed by atoms with Crippen molar-refractivity contribution in [3.05, 3.63) is 23.9 Å². The number of hydrogen-bond acceptors (Lipinski definition) is 4. The lowest BCUT2D eigenvalue weighted by molar-refractivity contribution is 0.0106. The summed E-state index contributed by atoms with van der Waals surface area (Å²) in [6.45, 7) is 2.20.